The molecule has 0 aromatic heterocycles. The van der Waals surface area contributed by atoms with Crippen LogP contribution in [-0.2, 0) is 38.1 Å². The van der Waals surface area contributed by atoms with E-state index >= 15 is 0 Å². The SMILES string of the molecule is CC1OC2=C3C(=C(O)C4=C(C(=O)C5=C(C4=O)[C@H](C)O[C@H]4CC(=O)O[C@@H]54)C3O)C23C(O[C@H]2CC[C@H](O)[C@H](C)O2)C13O. The first kappa shape index (κ1) is 24.9. The lowest BCUT2D eigenvalue weighted by Crippen LogP contribution is -2.49. The molecule has 1 spiro atoms. The van der Waals surface area contributed by atoms with E-state index in [4.69, 9.17) is 23.7 Å². The smallest absolute Gasteiger partial charge is 0.309 e. The van der Waals surface area contributed by atoms with Crippen LogP contribution in [0.5, 0.6) is 0 Å². The molecule has 11 atom stereocenters. The van der Waals surface area contributed by atoms with Crippen molar-refractivity contribution in [3.05, 3.63) is 45.0 Å². The Balaban J connectivity index is 1.22. The zero-order valence-electron chi connectivity index (χ0n) is 21.9. The number of Topliss-reactive ketones (excluding diaryl/α,β-unsaturated/α-hetero) is 2. The highest BCUT2D eigenvalue weighted by Crippen LogP contribution is 2.81. The van der Waals surface area contributed by atoms with Gasteiger partial charge in [-0.25, -0.2) is 0 Å². The summed E-state index contributed by atoms with van der Waals surface area (Å²) in [5.74, 6) is -2.31. The molecule has 4 aliphatic heterocycles. The molecule has 3 saturated heterocycles. The van der Waals surface area contributed by atoms with Crippen molar-refractivity contribution in [1.29, 1.82) is 0 Å². The normalized spacial score (nSPS) is 48.5. The van der Waals surface area contributed by atoms with Crippen LogP contribution in [0.1, 0.15) is 40.0 Å². The monoisotopic (exact) mass is 556 g/mol. The molecule has 5 unspecified atom stereocenters. The summed E-state index contributed by atoms with van der Waals surface area (Å²) in [7, 11) is 0. The highest BCUT2D eigenvalue weighted by molar-refractivity contribution is 6.29. The van der Waals surface area contributed by atoms with Gasteiger partial charge in [0.05, 0.1) is 35.9 Å². The molecule has 4 N–H and O–H groups in total. The predicted octanol–water partition coefficient (Wildman–Crippen LogP) is -0.291. The van der Waals surface area contributed by atoms with Gasteiger partial charge in [-0.05, 0) is 27.2 Å². The number of fused-ring (bicyclic) bond motifs is 3. The van der Waals surface area contributed by atoms with Crippen LogP contribution >= 0.6 is 0 Å². The number of rotatable bonds is 2. The van der Waals surface area contributed by atoms with Crippen LogP contribution in [0.2, 0.25) is 0 Å². The number of carbonyl (C=O) groups excluding carboxylic acids is 3. The molecular formula is C28H28O12. The van der Waals surface area contributed by atoms with Gasteiger partial charge in [0.15, 0.2) is 24.0 Å². The van der Waals surface area contributed by atoms with Gasteiger partial charge in [-0.2, -0.15) is 0 Å². The summed E-state index contributed by atoms with van der Waals surface area (Å²) < 4.78 is 29.1. The molecule has 0 aromatic carbocycles. The highest BCUT2D eigenvalue weighted by Gasteiger charge is 2.94. The number of carbonyl (C=O) groups is 3. The van der Waals surface area contributed by atoms with Crippen molar-refractivity contribution in [3.8, 4) is 0 Å². The molecule has 4 heterocycles. The largest absolute Gasteiger partial charge is 0.507 e. The fourth-order valence-electron chi connectivity index (χ4n) is 8.04. The van der Waals surface area contributed by atoms with Crippen LogP contribution in [0.3, 0.4) is 0 Å². The molecule has 4 aliphatic carbocycles. The zero-order valence-corrected chi connectivity index (χ0v) is 21.9. The predicted molar refractivity (Wildman–Crippen MR) is 128 cm³/mol. The number of ketones is 2. The summed E-state index contributed by atoms with van der Waals surface area (Å²) in [6.45, 7) is 4.94. The Morgan fingerprint density at radius 3 is 2.40 bits per heavy atom. The second-order valence-electron chi connectivity index (χ2n) is 11.9. The van der Waals surface area contributed by atoms with Crippen LogP contribution in [0.15, 0.2) is 45.0 Å². The molecule has 40 heavy (non-hydrogen) atoms. The van der Waals surface area contributed by atoms with Crippen LogP contribution in [0.25, 0.3) is 0 Å². The van der Waals surface area contributed by atoms with Crippen LogP contribution in [-0.4, -0.2) is 98.7 Å². The van der Waals surface area contributed by atoms with Crippen molar-refractivity contribution >= 4 is 17.5 Å². The average molecular weight is 557 g/mol. The first-order valence-corrected chi connectivity index (χ1v) is 13.6. The first-order valence-electron chi connectivity index (χ1n) is 13.6. The molecule has 1 saturated carbocycles. The van der Waals surface area contributed by atoms with Crippen LogP contribution in [0, 0.1) is 5.41 Å². The van der Waals surface area contributed by atoms with E-state index in [0.29, 0.717) is 12.8 Å². The molecule has 0 radical (unpaired) electrons. The van der Waals surface area contributed by atoms with Gasteiger partial charge in [0.25, 0.3) is 0 Å². The van der Waals surface area contributed by atoms with E-state index in [9.17, 15) is 34.8 Å². The third kappa shape index (κ3) is 2.53. The second-order valence-corrected chi connectivity index (χ2v) is 11.9. The van der Waals surface area contributed by atoms with Gasteiger partial charge in [0.2, 0.25) is 0 Å². The van der Waals surface area contributed by atoms with Gasteiger partial charge < -0.3 is 44.1 Å². The van der Waals surface area contributed by atoms with Crippen molar-refractivity contribution in [3.63, 3.8) is 0 Å². The third-order valence-corrected chi connectivity index (χ3v) is 9.99. The molecular weight excluding hydrogens is 528 g/mol. The molecule has 8 aliphatic rings. The summed E-state index contributed by atoms with van der Waals surface area (Å²) in [6, 6.07) is 0. The molecule has 0 aromatic rings. The van der Waals surface area contributed by atoms with Gasteiger partial charge >= 0.3 is 5.97 Å². The first-order chi connectivity index (χ1) is 18.9. The zero-order chi connectivity index (χ0) is 28.2. The topological polar surface area (TPSA) is 178 Å². The van der Waals surface area contributed by atoms with Crippen molar-refractivity contribution in [2.24, 2.45) is 5.41 Å². The lowest BCUT2D eigenvalue weighted by molar-refractivity contribution is -0.234. The maximum Gasteiger partial charge on any atom is 0.309 e. The third-order valence-electron chi connectivity index (χ3n) is 9.99. The van der Waals surface area contributed by atoms with Crippen molar-refractivity contribution < 1.29 is 58.5 Å². The number of allylic oxidation sites excluding steroid dienone is 1. The number of aliphatic hydroxyl groups excluding tert-OH is 3. The number of esters is 1. The molecule has 4 fully saturated rings. The van der Waals surface area contributed by atoms with E-state index in [1.54, 1.807) is 20.8 Å². The van der Waals surface area contributed by atoms with Gasteiger partial charge in [0.1, 0.15) is 47.0 Å². The minimum atomic E-state index is -1.63. The van der Waals surface area contributed by atoms with E-state index in [1.807, 2.05) is 0 Å². The van der Waals surface area contributed by atoms with Crippen molar-refractivity contribution in [2.45, 2.75) is 101 Å². The van der Waals surface area contributed by atoms with Crippen LogP contribution in [0.4, 0.5) is 0 Å². The number of ether oxygens (including phenoxy) is 5. The average Bonchev–Trinajstić information content (AvgIpc) is 3.14. The fourth-order valence-corrected chi connectivity index (χ4v) is 8.04. The second kappa shape index (κ2) is 7.50. The number of aliphatic hydroxyl groups is 4. The van der Waals surface area contributed by atoms with E-state index in [2.05, 4.69) is 0 Å². The minimum absolute atomic E-state index is 0.0263. The summed E-state index contributed by atoms with van der Waals surface area (Å²) in [5, 5.41) is 44.9. The molecule has 0 bridgehead atoms. The Morgan fingerprint density at radius 1 is 0.925 bits per heavy atom. The fraction of sp³-hybridized carbons (Fsp3) is 0.607. The summed E-state index contributed by atoms with van der Waals surface area (Å²) in [6.07, 6.45) is -7.11. The molecule has 12 heteroatoms. The van der Waals surface area contributed by atoms with Gasteiger partial charge in [0, 0.05) is 28.7 Å². The maximum atomic E-state index is 13.9. The van der Waals surface area contributed by atoms with E-state index in [1.165, 1.54) is 0 Å². The minimum Gasteiger partial charge on any atom is -0.507 e. The Labute approximate surface area is 227 Å². The van der Waals surface area contributed by atoms with Crippen molar-refractivity contribution in [2.75, 3.05) is 0 Å². The Bertz CT molecular complexity index is 1470. The summed E-state index contributed by atoms with van der Waals surface area (Å²) in [5.41, 5.74) is -3.49. The molecule has 8 rings (SSSR count). The lowest BCUT2D eigenvalue weighted by Gasteiger charge is -2.44. The molecule has 0 amide bonds. The Kier molecular flexibility index (Phi) is 4.66. The summed E-state index contributed by atoms with van der Waals surface area (Å²) in [4.78, 5) is 39.8. The van der Waals surface area contributed by atoms with Gasteiger partial charge in [-0.3, -0.25) is 14.4 Å². The van der Waals surface area contributed by atoms with E-state index in [-0.39, 0.29) is 45.6 Å². The van der Waals surface area contributed by atoms with Crippen molar-refractivity contribution in [1.82, 2.24) is 0 Å². The maximum absolute atomic E-state index is 13.9. The highest BCUT2D eigenvalue weighted by atomic mass is 16.7. The quantitative estimate of drug-likeness (QED) is 0.258. The van der Waals surface area contributed by atoms with Gasteiger partial charge in [-0.1, -0.05) is 0 Å². The molecule has 12 nitrogen and oxygen atoms in total. The Hall–Kier alpha value is -2.87. The number of hydrogen-bond donors (Lipinski definition) is 4. The van der Waals surface area contributed by atoms with E-state index < -0.39 is 89.4 Å². The Morgan fingerprint density at radius 2 is 1.68 bits per heavy atom. The van der Waals surface area contributed by atoms with E-state index in [0.717, 1.165) is 0 Å². The molecule has 212 valence electrons. The summed E-state index contributed by atoms with van der Waals surface area (Å²) >= 11 is 0. The van der Waals surface area contributed by atoms with Gasteiger partial charge in [-0.15, -0.1) is 0 Å². The number of hydrogen-bond acceptors (Lipinski definition) is 12. The standard InChI is InChI=1S/C28H28O12/c1-7-10(29)4-5-13(37-7)40-26-27-19-18(25(27)38-9(3)28(26,27)35)22(33)15-16(23(19)34)20(31)14-8(2)36-11-6-12(30)39-24(11)17(14)21(15)32/h7-11,13,22,24,26,29,33-35H,4-6H2,1-3H3/t7-,8-,9?,10-,11-,13-,22?,24+,26?,27?,28?/m0/s1. The lowest BCUT2D eigenvalue weighted by atomic mass is 9.62. The van der Waals surface area contributed by atoms with Crippen LogP contribution < -0.4 is 0 Å².